The predicted octanol–water partition coefficient (Wildman–Crippen LogP) is 4.60. The van der Waals surface area contributed by atoms with E-state index in [1.165, 1.54) is 4.90 Å². The number of nitrogens with zero attached hydrogens (tertiary/aromatic N) is 1. The Bertz CT molecular complexity index is 1190. The van der Waals surface area contributed by atoms with Gasteiger partial charge < -0.3 is 10.6 Å². The summed E-state index contributed by atoms with van der Waals surface area (Å²) in [4.78, 5) is 41.1. The molecular formula is C28H29N3O3. The van der Waals surface area contributed by atoms with E-state index < -0.39 is 12.1 Å². The summed E-state index contributed by atoms with van der Waals surface area (Å²) in [5.74, 6) is -0.777. The molecule has 1 heterocycles. The summed E-state index contributed by atoms with van der Waals surface area (Å²) in [5, 5.41) is 5.84. The normalized spacial score (nSPS) is 16.0. The number of rotatable bonds is 6. The lowest BCUT2D eigenvalue weighted by molar-refractivity contribution is -0.126. The maximum atomic E-state index is 13.9. The molecule has 1 aliphatic rings. The third-order valence-corrected chi connectivity index (χ3v) is 6.19. The molecular weight excluding hydrogens is 426 g/mol. The number of hydrogen-bond donors (Lipinski definition) is 2. The molecule has 6 heteroatoms. The number of anilines is 2. The van der Waals surface area contributed by atoms with Crippen molar-refractivity contribution in [2.45, 2.75) is 45.7 Å². The summed E-state index contributed by atoms with van der Waals surface area (Å²) in [6, 6.07) is 21.0. The van der Waals surface area contributed by atoms with Crippen molar-refractivity contribution in [2.75, 3.05) is 10.2 Å². The van der Waals surface area contributed by atoms with Gasteiger partial charge in [-0.1, -0.05) is 66.2 Å². The molecule has 1 aliphatic heterocycles. The highest BCUT2D eigenvalue weighted by molar-refractivity contribution is 6.08. The Morgan fingerprint density at radius 2 is 1.56 bits per heavy atom. The summed E-state index contributed by atoms with van der Waals surface area (Å²) >= 11 is 0. The summed E-state index contributed by atoms with van der Waals surface area (Å²) in [6.07, 6.45) is 0.697. The zero-order valence-electron chi connectivity index (χ0n) is 19.7. The average molecular weight is 456 g/mol. The molecule has 0 aromatic heterocycles. The average Bonchev–Trinajstić information content (AvgIpc) is 3.27. The van der Waals surface area contributed by atoms with E-state index in [1.54, 1.807) is 0 Å². The monoisotopic (exact) mass is 455 g/mol. The minimum absolute atomic E-state index is 0.154. The number of benzene rings is 3. The smallest absolute Gasteiger partial charge is 0.252 e. The minimum Gasteiger partial charge on any atom is -0.344 e. The van der Waals surface area contributed by atoms with Crippen LogP contribution < -0.4 is 15.5 Å². The fraction of sp³-hybridized carbons (Fsp3) is 0.250. The van der Waals surface area contributed by atoms with Gasteiger partial charge in [0.25, 0.3) is 11.8 Å². The number of carbonyl (C=O) groups is 3. The molecule has 34 heavy (non-hydrogen) atoms. The van der Waals surface area contributed by atoms with Crippen molar-refractivity contribution in [1.82, 2.24) is 5.32 Å². The van der Waals surface area contributed by atoms with Gasteiger partial charge in [-0.3, -0.25) is 19.3 Å². The molecule has 0 unspecified atom stereocenters. The number of aryl methyl sites for hydroxylation is 3. The second-order valence-electron chi connectivity index (χ2n) is 8.77. The first-order chi connectivity index (χ1) is 16.3. The summed E-state index contributed by atoms with van der Waals surface area (Å²) in [5.41, 5.74) is 4.94. The zero-order chi connectivity index (χ0) is 24.2. The van der Waals surface area contributed by atoms with Crippen LogP contribution in [0.3, 0.4) is 0 Å². The molecule has 2 atom stereocenters. The van der Waals surface area contributed by atoms with Gasteiger partial charge in [0.05, 0.1) is 0 Å². The van der Waals surface area contributed by atoms with Crippen LogP contribution in [-0.2, 0) is 14.4 Å². The molecule has 4 rings (SSSR count). The third kappa shape index (κ3) is 4.86. The molecule has 1 saturated heterocycles. The fourth-order valence-electron chi connectivity index (χ4n) is 4.33. The van der Waals surface area contributed by atoms with Gasteiger partial charge in [-0.15, -0.1) is 0 Å². The van der Waals surface area contributed by atoms with Gasteiger partial charge >= 0.3 is 0 Å². The van der Waals surface area contributed by atoms with Crippen molar-refractivity contribution in [3.8, 4) is 0 Å². The molecule has 6 nitrogen and oxygen atoms in total. The van der Waals surface area contributed by atoms with Crippen LogP contribution >= 0.6 is 0 Å². The van der Waals surface area contributed by atoms with Gasteiger partial charge in [0, 0.05) is 17.8 Å². The number of hydrogen-bond acceptors (Lipinski definition) is 3. The molecule has 0 spiro atoms. The number of nitrogens with one attached hydrogen (secondary N) is 2. The highest BCUT2D eigenvalue weighted by Crippen LogP contribution is 2.32. The largest absolute Gasteiger partial charge is 0.344 e. The molecule has 3 aromatic carbocycles. The number of amides is 3. The fourth-order valence-corrected chi connectivity index (χ4v) is 4.33. The van der Waals surface area contributed by atoms with Crippen molar-refractivity contribution >= 4 is 29.1 Å². The van der Waals surface area contributed by atoms with Gasteiger partial charge in [0.2, 0.25) is 5.91 Å². The van der Waals surface area contributed by atoms with Crippen LogP contribution in [0.15, 0.2) is 72.8 Å². The van der Waals surface area contributed by atoms with Crippen LogP contribution in [0.1, 0.15) is 41.1 Å². The van der Waals surface area contributed by atoms with E-state index in [9.17, 15) is 14.4 Å². The third-order valence-electron chi connectivity index (χ3n) is 6.19. The van der Waals surface area contributed by atoms with Gasteiger partial charge in [-0.25, -0.2) is 0 Å². The summed E-state index contributed by atoms with van der Waals surface area (Å²) in [7, 11) is 0. The van der Waals surface area contributed by atoms with Gasteiger partial charge in [-0.2, -0.15) is 0 Å². The molecule has 2 N–H and O–H groups in total. The quantitative estimate of drug-likeness (QED) is 0.570. The number of para-hydroxylation sites is 1. The second kappa shape index (κ2) is 9.91. The van der Waals surface area contributed by atoms with E-state index >= 15 is 0 Å². The van der Waals surface area contributed by atoms with E-state index in [0.29, 0.717) is 24.1 Å². The molecule has 0 aliphatic carbocycles. The minimum atomic E-state index is -0.923. The standard InChI is InChI=1S/C28H29N3O3/c1-18-12-14-22(15-13-18)31(28(34)23-16-17-24(32)29-23)26(21-10-5-4-6-11-21)27(33)30-25-19(2)8-7-9-20(25)3/h4-15,23,26H,16-17H2,1-3H3,(H,29,32)(H,30,33)/t23-,26-/m1/s1. The molecule has 0 radical (unpaired) electrons. The van der Waals surface area contributed by atoms with Crippen LogP contribution in [0.4, 0.5) is 11.4 Å². The van der Waals surface area contributed by atoms with Gasteiger partial charge in [0.1, 0.15) is 12.1 Å². The highest BCUT2D eigenvalue weighted by atomic mass is 16.2. The summed E-state index contributed by atoms with van der Waals surface area (Å²) in [6.45, 7) is 5.85. The summed E-state index contributed by atoms with van der Waals surface area (Å²) < 4.78 is 0. The van der Waals surface area contributed by atoms with Crippen molar-refractivity contribution < 1.29 is 14.4 Å². The van der Waals surface area contributed by atoms with Crippen molar-refractivity contribution in [1.29, 1.82) is 0 Å². The predicted molar refractivity (Wildman–Crippen MR) is 134 cm³/mol. The lowest BCUT2D eigenvalue weighted by atomic mass is 10.0. The van der Waals surface area contributed by atoms with Gasteiger partial charge in [0.15, 0.2) is 0 Å². The first kappa shape index (κ1) is 23.2. The van der Waals surface area contributed by atoms with Crippen molar-refractivity contribution in [3.63, 3.8) is 0 Å². The number of carbonyl (C=O) groups excluding carboxylic acids is 3. The SMILES string of the molecule is Cc1ccc(N(C(=O)[C@H]2CCC(=O)N2)[C@@H](C(=O)Nc2c(C)cccc2C)c2ccccc2)cc1. The Kier molecular flexibility index (Phi) is 6.77. The van der Waals surface area contributed by atoms with Crippen LogP contribution in [0.5, 0.6) is 0 Å². The van der Waals surface area contributed by atoms with E-state index in [4.69, 9.17) is 0 Å². The molecule has 3 aromatic rings. The van der Waals surface area contributed by atoms with Crippen LogP contribution in [0.2, 0.25) is 0 Å². The molecule has 0 saturated carbocycles. The first-order valence-electron chi connectivity index (χ1n) is 11.5. The van der Waals surface area contributed by atoms with Crippen LogP contribution in [-0.4, -0.2) is 23.8 Å². The van der Waals surface area contributed by atoms with Crippen molar-refractivity contribution in [3.05, 3.63) is 95.1 Å². The maximum Gasteiger partial charge on any atom is 0.252 e. The van der Waals surface area contributed by atoms with E-state index in [-0.39, 0.29) is 17.7 Å². The first-order valence-corrected chi connectivity index (χ1v) is 11.5. The lowest BCUT2D eigenvalue weighted by Crippen LogP contribution is -2.49. The Morgan fingerprint density at radius 1 is 0.912 bits per heavy atom. The Balaban J connectivity index is 1.81. The molecule has 1 fully saturated rings. The van der Waals surface area contributed by atoms with Crippen LogP contribution in [0, 0.1) is 20.8 Å². The van der Waals surface area contributed by atoms with Gasteiger partial charge in [-0.05, 0) is 56.0 Å². The van der Waals surface area contributed by atoms with E-state index in [0.717, 1.165) is 22.4 Å². The molecule has 174 valence electrons. The molecule has 3 amide bonds. The lowest BCUT2D eigenvalue weighted by Gasteiger charge is -2.33. The topological polar surface area (TPSA) is 78.5 Å². The van der Waals surface area contributed by atoms with E-state index in [2.05, 4.69) is 10.6 Å². The Morgan fingerprint density at radius 3 is 2.15 bits per heavy atom. The molecule has 0 bridgehead atoms. The van der Waals surface area contributed by atoms with Crippen LogP contribution in [0.25, 0.3) is 0 Å². The highest BCUT2D eigenvalue weighted by Gasteiger charge is 2.38. The van der Waals surface area contributed by atoms with Crippen molar-refractivity contribution in [2.24, 2.45) is 0 Å². The Labute approximate surface area is 200 Å². The Hall–Kier alpha value is -3.93. The van der Waals surface area contributed by atoms with E-state index in [1.807, 2.05) is 93.6 Å². The maximum absolute atomic E-state index is 13.9. The second-order valence-corrected chi connectivity index (χ2v) is 8.77. The zero-order valence-corrected chi connectivity index (χ0v) is 19.7.